The molecule has 2 aromatic rings. The fourth-order valence-electron chi connectivity index (χ4n) is 2.27. The molecule has 0 amide bonds. The molecule has 152 valence electrons. The van der Waals surface area contributed by atoms with Gasteiger partial charge in [-0.3, -0.25) is 4.72 Å². The molecule has 0 bridgehead atoms. The minimum absolute atomic E-state index is 0.0548. The zero-order valence-corrected chi connectivity index (χ0v) is 15.7. The van der Waals surface area contributed by atoms with Crippen LogP contribution in [0.4, 0.5) is 18.9 Å². The molecule has 12 heteroatoms. The molecular weight excluding hydrogens is 421 g/mol. The van der Waals surface area contributed by atoms with E-state index >= 15 is 0 Å². The predicted molar refractivity (Wildman–Crippen MR) is 93.7 cm³/mol. The van der Waals surface area contributed by atoms with Gasteiger partial charge in [-0.1, -0.05) is 12.1 Å². The van der Waals surface area contributed by atoms with Gasteiger partial charge in [-0.15, -0.1) is 13.2 Å². The average molecular weight is 436 g/mol. The van der Waals surface area contributed by atoms with Gasteiger partial charge in [0, 0.05) is 12.1 Å². The van der Waals surface area contributed by atoms with Gasteiger partial charge in [0.25, 0.3) is 10.0 Å². The van der Waals surface area contributed by atoms with E-state index in [1.165, 1.54) is 18.2 Å². The van der Waals surface area contributed by atoms with Gasteiger partial charge in [0.1, 0.15) is 5.75 Å². The molecule has 0 spiro atoms. The van der Waals surface area contributed by atoms with Crippen LogP contribution in [0.15, 0.2) is 58.3 Å². The smallest absolute Gasteiger partial charge is 0.406 e. The van der Waals surface area contributed by atoms with Gasteiger partial charge in [0.05, 0.1) is 15.5 Å². The zero-order valence-electron chi connectivity index (χ0n) is 14.1. The summed E-state index contributed by atoms with van der Waals surface area (Å²) < 4.78 is 94.7. The SMILES string of the molecule is O=S(=O)(Nc1cccc(S(=O)(=O)NC2CC2)c1)c1cccc(OC(F)(F)F)c1. The van der Waals surface area contributed by atoms with E-state index in [9.17, 15) is 30.0 Å². The highest BCUT2D eigenvalue weighted by Gasteiger charge is 2.31. The normalized spacial score (nSPS) is 15.2. The van der Waals surface area contributed by atoms with Crippen molar-refractivity contribution >= 4 is 25.7 Å². The first-order chi connectivity index (χ1) is 12.9. The zero-order chi connectivity index (χ0) is 20.6. The monoisotopic (exact) mass is 436 g/mol. The lowest BCUT2D eigenvalue weighted by Gasteiger charge is -2.12. The molecule has 1 aliphatic carbocycles. The van der Waals surface area contributed by atoms with Gasteiger partial charge < -0.3 is 4.74 Å². The number of hydrogen-bond donors (Lipinski definition) is 2. The van der Waals surface area contributed by atoms with Crippen LogP contribution in [0.5, 0.6) is 5.75 Å². The van der Waals surface area contributed by atoms with E-state index in [-0.39, 0.29) is 16.6 Å². The Hall–Kier alpha value is -2.31. The summed E-state index contributed by atoms with van der Waals surface area (Å²) in [6.07, 6.45) is -3.49. The van der Waals surface area contributed by atoms with Crippen LogP contribution in [0.3, 0.4) is 0 Å². The maximum atomic E-state index is 12.5. The fraction of sp³-hybridized carbons (Fsp3) is 0.250. The highest BCUT2D eigenvalue weighted by molar-refractivity contribution is 7.92. The predicted octanol–water partition coefficient (Wildman–Crippen LogP) is 2.83. The largest absolute Gasteiger partial charge is 0.573 e. The van der Waals surface area contributed by atoms with E-state index in [1.807, 2.05) is 0 Å². The van der Waals surface area contributed by atoms with Crippen LogP contribution in [0.1, 0.15) is 12.8 Å². The number of nitrogens with one attached hydrogen (secondary N) is 2. The third kappa shape index (κ3) is 5.36. The lowest BCUT2D eigenvalue weighted by Crippen LogP contribution is -2.25. The molecule has 0 aromatic heterocycles. The van der Waals surface area contributed by atoms with Crippen molar-refractivity contribution in [2.75, 3.05) is 4.72 Å². The van der Waals surface area contributed by atoms with Crippen molar-refractivity contribution in [2.45, 2.75) is 35.0 Å². The summed E-state index contributed by atoms with van der Waals surface area (Å²) >= 11 is 0. The minimum Gasteiger partial charge on any atom is -0.406 e. The molecule has 3 rings (SSSR count). The third-order valence-corrected chi connectivity index (χ3v) is 6.54. The highest BCUT2D eigenvalue weighted by Crippen LogP contribution is 2.27. The van der Waals surface area contributed by atoms with Crippen LogP contribution in [-0.4, -0.2) is 29.2 Å². The summed E-state index contributed by atoms with van der Waals surface area (Å²) in [4.78, 5) is -0.604. The third-order valence-electron chi connectivity index (χ3n) is 3.65. The molecule has 0 radical (unpaired) electrons. The van der Waals surface area contributed by atoms with E-state index in [4.69, 9.17) is 0 Å². The molecule has 7 nitrogen and oxygen atoms in total. The van der Waals surface area contributed by atoms with Crippen molar-refractivity contribution in [1.29, 1.82) is 0 Å². The number of hydrogen-bond acceptors (Lipinski definition) is 5. The second kappa shape index (κ2) is 7.26. The molecule has 1 aliphatic rings. The van der Waals surface area contributed by atoms with E-state index < -0.39 is 37.1 Å². The van der Waals surface area contributed by atoms with Gasteiger partial charge in [-0.25, -0.2) is 21.6 Å². The second-order valence-corrected chi connectivity index (χ2v) is 9.45. The first-order valence-corrected chi connectivity index (χ1v) is 10.9. The van der Waals surface area contributed by atoms with Gasteiger partial charge in [0.2, 0.25) is 10.0 Å². The van der Waals surface area contributed by atoms with Crippen molar-refractivity contribution in [3.8, 4) is 5.75 Å². The van der Waals surface area contributed by atoms with Crippen LogP contribution >= 0.6 is 0 Å². The topological polar surface area (TPSA) is 102 Å². The Morgan fingerprint density at radius 1 is 0.893 bits per heavy atom. The van der Waals surface area contributed by atoms with Gasteiger partial charge in [-0.2, -0.15) is 0 Å². The Balaban J connectivity index is 1.83. The molecule has 0 saturated heterocycles. The van der Waals surface area contributed by atoms with Crippen LogP contribution in [0.2, 0.25) is 0 Å². The van der Waals surface area contributed by atoms with Crippen LogP contribution in [0.25, 0.3) is 0 Å². The Morgan fingerprint density at radius 2 is 1.50 bits per heavy atom. The van der Waals surface area contributed by atoms with E-state index in [1.54, 1.807) is 0 Å². The Kier molecular flexibility index (Phi) is 5.30. The molecule has 0 unspecified atom stereocenters. The Bertz CT molecular complexity index is 1080. The van der Waals surface area contributed by atoms with Crippen molar-refractivity contribution in [1.82, 2.24) is 4.72 Å². The summed E-state index contributed by atoms with van der Waals surface area (Å²) in [5.74, 6) is -0.694. The highest BCUT2D eigenvalue weighted by atomic mass is 32.2. The summed E-state index contributed by atoms with van der Waals surface area (Å²) in [5.41, 5.74) is -0.0548. The number of anilines is 1. The van der Waals surface area contributed by atoms with Crippen LogP contribution in [-0.2, 0) is 20.0 Å². The first kappa shape index (κ1) is 20.4. The number of benzene rings is 2. The van der Waals surface area contributed by atoms with Crippen molar-refractivity contribution in [2.24, 2.45) is 0 Å². The maximum absolute atomic E-state index is 12.5. The number of ether oxygens (including phenoxy) is 1. The fourth-order valence-corrected chi connectivity index (χ4v) is 4.70. The summed E-state index contributed by atoms with van der Waals surface area (Å²) in [5, 5.41) is 0. The van der Waals surface area contributed by atoms with Gasteiger partial charge >= 0.3 is 6.36 Å². The summed E-state index contributed by atoms with van der Waals surface area (Å²) in [7, 11) is -8.07. The van der Waals surface area contributed by atoms with E-state index in [0.29, 0.717) is 6.07 Å². The number of sulfonamides is 2. The van der Waals surface area contributed by atoms with Crippen molar-refractivity contribution in [3.63, 3.8) is 0 Å². The van der Waals surface area contributed by atoms with Crippen LogP contribution < -0.4 is 14.2 Å². The summed E-state index contributed by atoms with van der Waals surface area (Å²) in [6.45, 7) is 0. The molecule has 1 fully saturated rings. The Labute approximate surface area is 159 Å². The molecule has 1 saturated carbocycles. The maximum Gasteiger partial charge on any atom is 0.573 e. The van der Waals surface area contributed by atoms with Crippen molar-refractivity contribution < 1.29 is 34.7 Å². The molecule has 28 heavy (non-hydrogen) atoms. The van der Waals surface area contributed by atoms with Crippen molar-refractivity contribution in [3.05, 3.63) is 48.5 Å². The molecule has 0 aliphatic heterocycles. The number of rotatable bonds is 7. The molecule has 0 atom stereocenters. The lowest BCUT2D eigenvalue weighted by atomic mass is 10.3. The van der Waals surface area contributed by atoms with Gasteiger partial charge in [0.15, 0.2) is 0 Å². The Morgan fingerprint density at radius 3 is 2.11 bits per heavy atom. The molecule has 2 aromatic carbocycles. The number of halogens is 3. The van der Waals surface area contributed by atoms with Crippen LogP contribution in [0, 0.1) is 0 Å². The molecular formula is C16H15F3N2O5S2. The van der Waals surface area contributed by atoms with E-state index in [2.05, 4.69) is 14.2 Å². The first-order valence-electron chi connectivity index (χ1n) is 7.96. The second-order valence-electron chi connectivity index (χ2n) is 6.05. The minimum atomic E-state index is -4.97. The standard InChI is InChI=1S/C16H15F3N2O5S2/c17-16(18,19)26-13-4-2-6-15(10-13)28(24,25)21-12-3-1-5-14(9-12)27(22,23)20-11-7-8-11/h1-6,9-11,20-21H,7-8H2. The lowest BCUT2D eigenvalue weighted by molar-refractivity contribution is -0.274. The molecule has 2 N–H and O–H groups in total. The summed E-state index contributed by atoms with van der Waals surface area (Å²) in [6, 6.07) is 8.83. The quantitative estimate of drug-likeness (QED) is 0.695. The average Bonchev–Trinajstić information content (AvgIpc) is 3.37. The van der Waals surface area contributed by atoms with Gasteiger partial charge in [-0.05, 0) is 43.2 Å². The van der Waals surface area contributed by atoms with E-state index in [0.717, 1.165) is 37.1 Å². The number of alkyl halides is 3. The molecule has 0 heterocycles.